The van der Waals surface area contributed by atoms with Crippen molar-refractivity contribution < 1.29 is 0 Å². The Kier molecular flexibility index (Phi) is 8.56. The highest BCUT2D eigenvalue weighted by Gasteiger charge is 2.38. The molecule has 0 aromatic heterocycles. The Morgan fingerprint density at radius 2 is 0.750 bits per heavy atom. The second kappa shape index (κ2) is 8.26. The molecule has 0 aromatic carbocycles. The monoisotopic (exact) mass is 419 g/mol. The van der Waals surface area contributed by atoms with Crippen LogP contribution in [0.5, 0.6) is 0 Å². The van der Waals surface area contributed by atoms with Crippen LogP contribution in [-0.4, -0.2) is 59.1 Å². The zero-order valence-corrected chi connectivity index (χ0v) is 24.2. The van der Waals surface area contributed by atoms with Gasteiger partial charge in [0, 0.05) is 13.1 Å². The molecule has 0 aliphatic heterocycles. The van der Waals surface area contributed by atoms with Crippen LogP contribution in [0.25, 0.3) is 0 Å². The zero-order chi connectivity index (χ0) is 19.7. The van der Waals surface area contributed by atoms with Gasteiger partial charge < -0.3 is 0 Å². The predicted molar refractivity (Wildman–Crippen MR) is 133 cm³/mol. The molecule has 0 N–H and O–H groups in total. The SMILES string of the molecule is CCN(CC)P(=C([Si](C)(C)C)[Si](C)(C)C)=C([Si](C)(C)C)[Si](C)(C)C. The Hall–Kier alpha value is 0.868. The third-order valence-corrected chi connectivity index (χ3v) is 31.5. The fraction of sp³-hybridized carbons (Fsp3) is 0.889. The van der Waals surface area contributed by atoms with E-state index < -0.39 is 32.3 Å². The maximum Gasteiger partial charge on any atom is 0.0742 e. The van der Waals surface area contributed by atoms with Crippen molar-refractivity contribution in [3.63, 3.8) is 0 Å². The molecule has 0 rings (SSSR count). The first-order valence-electron chi connectivity index (χ1n) is 9.69. The molecule has 0 aliphatic carbocycles. The Morgan fingerprint density at radius 1 is 0.542 bits per heavy atom. The van der Waals surface area contributed by atoms with Gasteiger partial charge in [0.05, 0.1) is 32.3 Å². The molecule has 0 aromatic rings. The number of hydrogen-bond donors (Lipinski definition) is 0. The summed E-state index contributed by atoms with van der Waals surface area (Å²) >= 11 is 0. The third-order valence-electron chi connectivity index (χ3n) is 4.28. The van der Waals surface area contributed by atoms with Gasteiger partial charge in [-0.05, 0) is 0 Å². The van der Waals surface area contributed by atoms with Gasteiger partial charge in [0.2, 0.25) is 0 Å². The molecule has 1 nitrogen and oxygen atoms in total. The predicted octanol–water partition coefficient (Wildman–Crippen LogP) is 6.58. The van der Waals surface area contributed by atoms with E-state index in [-0.39, 0.29) is 7.32 Å². The van der Waals surface area contributed by atoms with Gasteiger partial charge in [-0.25, -0.2) is 0 Å². The highest BCUT2D eigenvalue weighted by molar-refractivity contribution is 7.81. The molecule has 0 bridgehead atoms. The van der Waals surface area contributed by atoms with Crippen LogP contribution in [0.1, 0.15) is 13.8 Å². The minimum atomic E-state index is -1.31. The summed E-state index contributed by atoms with van der Waals surface area (Å²) in [4.78, 5) is 0. The van der Waals surface area contributed by atoms with E-state index in [0.29, 0.717) is 0 Å². The Morgan fingerprint density at radius 3 is 0.875 bits per heavy atom. The minimum Gasteiger partial charge on any atom is -0.263 e. The van der Waals surface area contributed by atoms with Gasteiger partial charge in [-0.2, -0.15) is 0 Å². The van der Waals surface area contributed by atoms with Gasteiger partial charge in [0.15, 0.2) is 0 Å². The van der Waals surface area contributed by atoms with Crippen LogP contribution in [0, 0.1) is 0 Å². The summed E-state index contributed by atoms with van der Waals surface area (Å²) in [5.74, 6) is 0. The first kappa shape index (κ1) is 24.9. The van der Waals surface area contributed by atoms with Crippen molar-refractivity contribution >= 4 is 48.7 Å². The van der Waals surface area contributed by atoms with Crippen LogP contribution in [-0.2, 0) is 0 Å². The van der Waals surface area contributed by atoms with Crippen molar-refractivity contribution in [1.29, 1.82) is 0 Å². The maximum absolute atomic E-state index is 2.88. The van der Waals surface area contributed by atoms with Gasteiger partial charge in [0.25, 0.3) is 0 Å². The van der Waals surface area contributed by atoms with E-state index in [1.54, 1.807) is 0 Å². The molecule has 144 valence electrons. The van der Waals surface area contributed by atoms with E-state index >= 15 is 0 Å². The number of hydrogen-bond acceptors (Lipinski definition) is 1. The summed E-state index contributed by atoms with van der Waals surface area (Å²) in [6, 6.07) is 0. The van der Waals surface area contributed by atoms with E-state index in [4.69, 9.17) is 0 Å². The standard InChI is InChI=1S/C18H46NPSi4/c1-15-19(16-2)20(17(21(3,4)5)22(6,7)8)18(23(9,10)11)24(12,13)14/h15-16H2,1-14H3. The molecule has 0 amide bonds. The molecular weight excluding hydrogens is 374 g/mol. The van der Waals surface area contributed by atoms with Crippen LogP contribution in [0.4, 0.5) is 0 Å². The first-order valence-corrected chi connectivity index (χ1v) is 25.0. The highest BCUT2D eigenvalue weighted by Crippen LogP contribution is 2.36. The summed E-state index contributed by atoms with van der Waals surface area (Å²) in [6.07, 6.45) is 0. The van der Waals surface area contributed by atoms with Crippen molar-refractivity contribution in [2.24, 2.45) is 0 Å². The Labute approximate surface area is 158 Å². The molecule has 0 saturated heterocycles. The Bertz CT molecular complexity index is 443. The van der Waals surface area contributed by atoms with Crippen LogP contribution >= 0.6 is 7.32 Å². The highest BCUT2D eigenvalue weighted by atomic mass is 31.1. The fourth-order valence-corrected chi connectivity index (χ4v) is 38.3. The lowest BCUT2D eigenvalue weighted by molar-refractivity contribution is 0.521. The van der Waals surface area contributed by atoms with E-state index in [2.05, 4.69) is 106 Å². The summed E-state index contributed by atoms with van der Waals surface area (Å²) in [5, 5.41) is 0. The summed E-state index contributed by atoms with van der Waals surface area (Å²) in [6.45, 7) is 38.6. The largest absolute Gasteiger partial charge is 0.263 e. The van der Waals surface area contributed by atoms with Crippen LogP contribution < -0.4 is 0 Å². The molecular formula is C18H46NPSi4. The summed E-state index contributed by atoms with van der Waals surface area (Å²) < 4.78 is 7.04. The quantitative estimate of drug-likeness (QED) is 0.333. The van der Waals surface area contributed by atoms with Crippen molar-refractivity contribution in [2.75, 3.05) is 13.1 Å². The average Bonchev–Trinajstić information content (AvgIpc) is 2.21. The van der Waals surface area contributed by atoms with Crippen molar-refractivity contribution in [3.8, 4) is 0 Å². The molecule has 0 radical (unpaired) electrons. The van der Waals surface area contributed by atoms with Crippen molar-refractivity contribution in [1.82, 2.24) is 4.67 Å². The van der Waals surface area contributed by atoms with Gasteiger partial charge >= 0.3 is 0 Å². The van der Waals surface area contributed by atoms with Crippen LogP contribution in [0.15, 0.2) is 0 Å². The summed E-state index contributed by atoms with van der Waals surface area (Å²) in [7, 11) is -5.44. The van der Waals surface area contributed by atoms with Gasteiger partial charge in [-0.3, -0.25) is 4.67 Å². The summed E-state index contributed by atoms with van der Waals surface area (Å²) in [5.41, 5.74) is 0. The molecule has 24 heavy (non-hydrogen) atoms. The van der Waals surface area contributed by atoms with E-state index in [0.717, 1.165) is 0 Å². The average molecular weight is 420 g/mol. The second-order valence-corrected chi connectivity index (χ2v) is 35.9. The normalized spacial score (nSPS) is 14.1. The molecule has 0 saturated carbocycles. The smallest absolute Gasteiger partial charge is 0.0742 e. The third kappa shape index (κ3) is 6.55. The zero-order valence-electron chi connectivity index (χ0n) is 19.3. The molecule has 6 heteroatoms. The lowest BCUT2D eigenvalue weighted by Gasteiger charge is -2.41. The number of rotatable bonds is 7. The number of nitrogens with zero attached hydrogens (tertiary/aromatic N) is 1. The van der Waals surface area contributed by atoms with E-state index in [1.165, 1.54) is 13.1 Å². The van der Waals surface area contributed by atoms with E-state index in [1.807, 2.05) is 0 Å². The van der Waals surface area contributed by atoms with Gasteiger partial charge in [-0.1, -0.05) is 109 Å². The van der Waals surface area contributed by atoms with Gasteiger partial charge in [0.1, 0.15) is 0 Å². The van der Waals surface area contributed by atoms with Crippen molar-refractivity contribution in [2.45, 2.75) is 92.4 Å². The van der Waals surface area contributed by atoms with Gasteiger partial charge in [-0.15, -0.1) is 0 Å². The lowest BCUT2D eigenvalue weighted by atomic mass is 10.7. The Balaban J connectivity index is 7.64. The topological polar surface area (TPSA) is 3.24 Å². The van der Waals surface area contributed by atoms with Crippen LogP contribution in [0.3, 0.4) is 0 Å². The first-order chi connectivity index (χ1) is 10.4. The molecule has 0 atom stereocenters. The lowest BCUT2D eigenvalue weighted by Crippen LogP contribution is -2.54. The van der Waals surface area contributed by atoms with E-state index in [9.17, 15) is 0 Å². The molecule has 0 unspecified atom stereocenters. The van der Waals surface area contributed by atoms with Crippen molar-refractivity contribution in [3.05, 3.63) is 0 Å². The molecule has 0 spiro atoms. The molecule has 0 heterocycles. The second-order valence-electron chi connectivity index (χ2n) is 11.1. The molecule has 0 aliphatic rings. The maximum atomic E-state index is 2.88. The minimum absolute atomic E-state index is 0.190. The molecule has 0 fully saturated rings. The van der Waals surface area contributed by atoms with Crippen LogP contribution in [0.2, 0.25) is 78.6 Å². The fourth-order valence-electron chi connectivity index (χ4n) is 4.42.